The van der Waals surface area contributed by atoms with Gasteiger partial charge in [-0.25, -0.2) is 0 Å². The minimum absolute atomic E-state index is 0.667. The molecule has 2 aliphatic carbocycles. The number of carbonyl (C=O) groups is 2. The van der Waals surface area contributed by atoms with E-state index in [0.717, 1.165) is 50.1 Å². The van der Waals surface area contributed by atoms with Crippen molar-refractivity contribution in [2.45, 2.75) is 83.5 Å². The minimum atomic E-state index is -0.667. The molecule has 0 heterocycles. The maximum absolute atomic E-state index is 11.5. The van der Waals surface area contributed by atoms with E-state index in [1.54, 1.807) is 0 Å². The molecule has 0 N–H and O–H groups in total. The first-order chi connectivity index (χ1) is 9.78. The van der Waals surface area contributed by atoms with Crippen LogP contribution in [0.1, 0.15) is 83.5 Å². The van der Waals surface area contributed by atoms with Crippen LogP contribution in [0.25, 0.3) is 0 Å². The summed E-state index contributed by atoms with van der Waals surface area (Å²) in [7, 11) is 0. The highest BCUT2D eigenvalue weighted by Gasteiger charge is 2.31. The fourth-order valence-corrected chi connectivity index (χ4v) is 4.11. The zero-order valence-corrected chi connectivity index (χ0v) is 12.8. The van der Waals surface area contributed by atoms with Gasteiger partial charge in [0.05, 0.1) is 5.41 Å². The smallest absolute Gasteiger partial charge is 0.133 e. The molecule has 0 spiro atoms. The van der Waals surface area contributed by atoms with E-state index in [4.69, 9.17) is 0 Å². The van der Waals surface area contributed by atoms with Gasteiger partial charge in [-0.2, -0.15) is 0 Å². The molecule has 0 radical (unpaired) electrons. The largest absolute Gasteiger partial charge is 0.302 e. The quantitative estimate of drug-likeness (QED) is 0.476. The van der Waals surface area contributed by atoms with E-state index in [1.807, 2.05) is 0 Å². The monoisotopic (exact) mass is 278 g/mol. The van der Waals surface area contributed by atoms with Gasteiger partial charge in [0, 0.05) is 0 Å². The first kappa shape index (κ1) is 15.7. The van der Waals surface area contributed by atoms with Gasteiger partial charge in [-0.3, -0.25) is 0 Å². The normalized spacial score (nSPS) is 22.0. The maximum atomic E-state index is 11.5. The summed E-state index contributed by atoms with van der Waals surface area (Å²) in [5, 5.41) is 0. The third kappa shape index (κ3) is 4.43. The molecule has 114 valence electrons. The van der Waals surface area contributed by atoms with Crippen molar-refractivity contribution < 1.29 is 9.59 Å². The summed E-state index contributed by atoms with van der Waals surface area (Å²) >= 11 is 0. The van der Waals surface area contributed by atoms with Crippen LogP contribution in [-0.2, 0) is 9.59 Å². The molecule has 0 aromatic rings. The van der Waals surface area contributed by atoms with E-state index in [-0.39, 0.29) is 0 Å². The van der Waals surface area contributed by atoms with Crippen molar-refractivity contribution in [1.29, 1.82) is 0 Å². The molecule has 2 nitrogen and oxygen atoms in total. The van der Waals surface area contributed by atoms with E-state index in [0.29, 0.717) is 0 Å². The van der Waals surface area contributed by atoms with Crippen LogP contribution in [0.2, 0.25) is 0 Å². The molecular weight excluding hydrogens is 248 g/mol. The summed E-state index contributed by atoms with van der Waals surface area (Å²) in [6, 6.07) is 0. The average Bonchev–Trinajstić information content (AvgIpc) is 3.03. The standard InChI is InChI=1S/C18H30O2/c19-14-18(15-20,13-11-17-8-4-5-9-17)12-10-16-6-2-1-3-7-16/h14-17H,1-13H2. The molecule has 2 saturated carbocycles. The Kier molecular flexibility index (Phi) is 6.25. The van der Waals surface area contributed by atoms with Gasteiger partial charge < -0.3 is 9.59 Å². The first-order valence-electron chi connectivity index (χ1n) is 8.71. The van der Waals surface area contributed by atoms with E-state index in [9.17, 15) is 9.59 Å². The lowest BCUT2D eigenvalue weighted by molar-refractivity contribution is -0.127. The van der Waals surface area contributed by atoms with Gasteiger partial charge >= 0.3 is 0 Å². The van der Waals surface area contributed by atoms with Crippen LogP contribution in [0.5, 0.6) is 0 Å². The highest BCUT2D eigenvalue weighted by atomic mass is 16.1. The maximum Gasteiger partial charge on any atom is 0.133 e. The van der Waals surface area contributed by atoms with E-state index in [2.05, 4.69) is 0 Å². The highest BCUT2D eigenvalue weighted by molar-refractivity contribution is 5.83. The molecule has 0 aromatic carbocycles. The Hall–Kier alpha value is -0.660. The number of carbonyl (C=O) groups excluding carboxylic acids is 2. The van der Waals surface area contributed by atoms with Crippen molar-refractivity contribution in [3.05, 3.63) is 0 Å². The van der Waals surface area contributed by atoms with Crippen molar-refractivity contribution in [2.24, 2.45) is 17.3 Å². The zero-order chi connectivity index (χ0) is 14.3. The van der Waals surface area contributed by atoms with Crippen LogP contribution in [-0.4, -0.2) is 12.6 Å². The number of hydrogen-bond donors (Lipinski definition) is 0. The summed E-state index contributed by atoms with van der Waals surface area (Å²) < 4.78 is 0. The van der Waals surface area contributed by atoms with E-state index in [1.165, 1.54) is 57.8 Å². The molecule has 2 heteroatoms. The summed E-state index contributed by atoms with van der Waals surface area (Å²) in [4.78, 5) is 23.0. The average molecular weight is 278 g/mol. The van der Waals surface area contributed by atoms with Crippen molar-refractivity contribution >= 4 is 12.6 Å². The fraction of sp³-hybridized carbons (Fsp3) is 0.889. The zero-order valence-electron chi connectivity index (χ0n) is 12.8. The Balaban J connectivity index is 1.79. The van der Waals surface area contributed by atoms with Crippen molar-refractivity contribution in [3.8, 4) is 0 Å². The van der Waals surface area contributed by atoms with Gasteiger partial charge in [-0.05, 0) is 37.5 Å². The molecule has 0 aromatic heterocycles. The first-order valence-corrected chi connectivity index (χ1v) is 8.71. The second-order valence-corrected chi connectivity index (χ2v) is 7.20. The van der Waals surface area contributed by atoms with Crippen LogP contribution in [0.3, 0.4) is 0 Å². The SMILES string of the molecule is O=CC(C=O)(CCC1CCCCC1)CCC1CCCC1. The molecule has 0 unspecified atom stereocenters. The van der Waals surface area contributed by atoms with Gasteiger partial charge in [-0.1, -0.05) is 57.8 Å². The number of hydrogen-bond acceptors (Lipinski definition) is 2. The lowest BCUT2D eigenvalue weighted by atomic mass is 9.75. The van der Waals surface area contributed by atoms with Crippen LogP contribution >= 0.6 is 0 Å². The van der Waals surface area contributed by atoms with E-state index >= 15 is 0 Å². The van der Waals surface area contributed by atoms with Crippen LogP contribution in [0.15, 0.2) is 0 Å². The number of rotatable bonds is 8. The predicted molar refractivity (Wildman–Crippen MR) is 81.6 cm³/mol. The molecule has 2 aliphatic rings. The third-order valence-electron chi connectivity index (χ3n) is 5.70. The predicted octanol–water partition coefficient (Wildman–Crippen LogP) is 4.70. The summed E-state index contributed by atoms with van der Waals surface area (Å²) in [6.07, 6.45) is 17.5. The molecule has 0 bridgehead atoms. The minimum Gasteiger partial charge on any atom is -0.302 e. The van der Waals surface area contributed by atoms with Crippen LogP contribution in [0.4, 0.5) is 0 Å². The molecule has 2 rings (SSSR count). The second kappa shape index (κ2) is 7.95. The molecule has 2 fully saturated rings. The van der Waals surface area contributed by atoms with Crippen molar-refractivity contribution in [3.63, 3.8) is 0 Å². The molecule has 0 aliphatic heterocycles. The Bertz CT molecular complexity index is 291. The van der Waals surface area contributed by atoms with Gasteiger partial charge in [0.1, 0.15) is 12.6 Å². The van der Waals surface area contributed by atoms with Gasteiger partial charge in [0.15, 0.2) is 0 Å². The summed E-state index contributed by atoms with van der Waals surface area (Å²) in [5.41, 5.74) is -0.667. The molecule has 20 heavy (non-hydrogen) atoms. The van der Waals surface area contributed by atoms with Crippen LogP contribution in [0, 0.1) is 17.3 Å². The Morgan fingerprint density at radius 3 is 1.50 bits per heavy atom. The highest BCUT2D eigenvalue weighted by Crippen LogP contribution is 2.36. The van der Waals surface area contributed by atoms with Gasteiger partial charge in [0.25, 0.3) is 0 Å². The molecule has 0 atom stereocenters. The summed E-state index contributed by atoms with van der Waals surface area (Å²) in [6.45, 7) is 0. The van der Waals surface area contributed by atoms with Gasteiger partial charge in [-0.15, -0.1) is 0 Å². The van der Waals surface area contributed by atoms with Crippen molar-refractivity contribution in [1.82, 2.24) is 0 Å². The Morgan fingerprint density at radius 2 is 1.10 bits per heavy atom. The molecule has 0 amide bonds. The summed E-state index contributed by atoms with van der Waals surface area (Å²) in [5.74, 6) is 1.53. The second-order valence-electron chi connectivity index (χ2n) is 7.20. The van der Waals surface area contributed by atoms with Crippen LogP contribution < -0.4 is 0 Å². The van der Waals surface area contributed by atoms with E-state index < -0.39 is 5.41 Å². The fourth-order valence-electron chi connectivity index (χ4n) is 4.11. The lowest BCUT2D eigenvalue weighted by Crippen LogP contribution is -2.26. The Morgan fingerprint density at radius 1 is 0.700 bits per heavy atom. The third-order valence-corrected chi connectivity index (χ3v) is 5.70. The molecule has 0 saturated heterocycles. The molecular formula is C18H30O2. The number of aldehydes is 2. The Labute approximate surface area is 123 Å². The van der Waals surface area contributed by atoms with Gasteiger partial charge in [0.2, 0.25) is 0 Å². The van der Waals surface area contributed by atoms with Crippen molar-refractivity contribution in [2.75, 3.05) is 0 Å². The topological polar surface area (TPSA) is 34.1 Å². The lowest BCUT2D eigenvalue weighted by Gasteiger charge is -2.27.